The van der Waals surface area contributed by atoms with Gasteiger partial charge >= 0.3 is 5.97 Å². The second-order valence-electron chi connectivity index (χ2n) is 6.16. The maximum atomic E-state index is 12.1. The van der Waals surface area contributed by atoms with E-state index in [2.05, 4.69) is 0 Å². The molecule has 3 rings (SSSR count). The van der Waals surface area contributed by atoms with Gasteiger partial charge in [-0.25, -0.2) is 4.79 Å². The minimum absolute atomic E-state index is 0.338. The highest BCUT2D eigenvalue weighted by Crippen LogP contribution is 2.40. The number of hydrogen-bond donors (Lipinski definition) is 2. The number of carbonyl (C=O) groups is 1. The Kier molecular flexibility index (Phi) is 5.58. The number of hydrogen-bond acceptors (Lipinski definition) is 6. The van der Waals surface area contributed by atoms with Gasteiger partial charge in [-0.2, -0.15) is 0 Å². The number of esters is 1. The van der Waals surface area contributed by atoms with Crippen molar-refractivity contribution in [2.45, 2.75) is 39.0 Å². The molecule has 0 aromatic heterocycles. The Morgan fingerprint density at radius 3 is 2.84 bits per heavy atom. The Bertz CT molecular complexity index is 729. The summed E-state index contributed by atoms with van der Waals surface area (Å²) in [5, 5.41) is 0. The van der Waals surface area contributed by atoms with Crippen molar-refractivity contribution in [2.24, 2.45) is 11.5 Å². The molecular formula is C19H24N2O3S. The molecule has 0 unspecified atom stereocenters. The van der Waals surface area contributed by atoms with Gasteiger partial charge in [-0.1, -0.05) is 0 Å². The minimum Gasteiger partial charge on any atom is -0.465 e. The molecule has 2 heterocycles. The molecule has 5 nitrogen and oxygen atoms in total. The average Bonchev–Trinajstić information content (AvgIpc) is 3.19. The van der Waals surface area contributed by atoms with Crippen LogP contribution in [0.3, 0.4) is 0 Å². The lowest BCUT2D eigenvalue weighted by Crippen LogP contribution is -2.12. The fourth-order valence-corrected chi connectivity index (χ4v) is 4.31. The molecule has 0 aromatic carbocycles. The van der Waals surface area contributed by atoms with E-state index in [4.69, 9.17) is 20.9 Å². The molecule has 1 aliphatic carbocycles. The minimum atomic E-state index is -0.350. The SMILES string of the molecule is CCOC(=O)C1=C(N)/C(=C(/CC2=C(N)CCC2)C2=CCC=CO2)CS1. The molecule has 0 amide bonds. The van der Waals surface area contributed by atoms with Crippen LogP contribution in [0.25, 0.3) is 0 Å². The van der Waals surface area contributed by atoms with E-state index >= 15 is 0 Å². The van der Waals surface area contributed by atoms with E-state index in [-0.39, 0.29) is 5.97 Å². The normalized spacial score (nSPS) is 22.2. The quantitative estimate of drug-likeness (QED) is 0.731. The predicted molar refractivity (Wildman–Crippen MR) is 99.9 cm³/mol. The monoisotopic (exact) mass is 360 g/mol. The standard InChI is InChI=1S/C19H24N2O3S/c1-2-23-19(22)18-17(21)14(11-25-18)13(16-8-3-4-9-24-16)10-12-6-5-7-15(12)20/h4,8-9H,2-3,5-7,10-11,20-21H2,1H3/b14-13-. The Hall–Kier alpha value is -2.08. The van der Waals surface area contributed by atoms with Gasteiger partial charge < -0.3 is 20.9 Å². The van der Waals surface area contributed by atoms with E-state index in [9.17, 15) is 4.79 Å². The average molecular weight is 360 g/mol. The summed E-state index contributed by atoms with van der Waals surface area (Å²) >= 11 is 1.43. The van der Waals surface area contributed by atoms with E-state index in [0.29, 0.717) is 23.0 Å². The fourth-order valence-electron chi connectivity index (χ4n) is 3.23. The number of carbonyl (C=O) groups excluding carboxylic acids is 1. The summed E-state index contributed by atoms with van der Waals surface area (Å²) < 4.78 is 10.9. The van der Waals surface area contributed by atoms with Crippen LogP contribution in [-0.2, 0) is 14.3 Å². The van der Waals surface area contributed by atoms with E-state index < -0.39 is 0 Å². The van der Waals surface area contributed by atoms with Crippen LogP contribution in [0, 0.1) is 0 Å². The van der Waals surface area contributed by atoms with Crippen molar-refractivity contribution in [2.75, 3.05) is 12.4 Å². The highest BCUT2D eigenvalue weighted by Gasteiger charge is 2.29. The first-order valence-corrected chi connectivity index (χ1v) is 9.61. The third-order valence-corrected chi connectivity index (χ3v) is 5.66. The van der Waals surface area contributed by atoms with E-state index in [1.165, 1.54) is 17.3 Å². The summed E-state index contributed by atoms with van der Waals surface area (Å²) in [6, 6.07) is 0. The van der Waals surface area contributed by atoms with Crippen LogP contribution in [0.1, 0.15) is 39.0 Å². The van der Waals surface area contributed by atoms with Gasteiger partial charge in [0.05, 0.1) is 18.6 Å². The summed E-state index contributed by atoms with van der Waals surface area (Å²) in [5.41, 5.74) is 17.2. The van der Waals surface area contributed by atoms with Crippen LogP contribution in [0.4, 0.5) is 0 Å². The van der Waals surface area contributed by atoms with E-state index in [1.807, 2.05) is 12.2 Å². The number of allylic oxidation sites excluding steroid dienone is 6. The van der Waals surface area contributed by atoms with Crippen LogP contribution in [0.2, 0.25) is 0 Å². The molecular weight excluding hydrogens is 336 g/mol. The summed E-state index contributed by atoms with van der Waals surface area (Å²) in [5.74, 6) is 1.11. The topological polar surface area (TPSA) is 87.6 Å². The van der Waals surface area contributed by atoms with Gasteiger partial charge in [0.2, 0.25) is 0 Å². The van der Waals surface area contributed by atoms with Gasteiger partial charge in [-0.15, -0.1) is 11.8 Å². The molecule has 0 fully saturated rings. The summed E-state index contributed by atoms with van der Waals surface area (Å²) in [6.07, 6.45) is 10.3. The van der Waals surface area contributed by atoms with E-state index in [0.717, 1.165) is 54.7 Å². The van der Waals surface area contributed by atoms with Gasteiger partial charge in [0.25, 0.3) is 0 Å². The number of nitrogens with two attached hydrogens (primary N) is 2. The lowest BCUT2D eigenvalue weighted by atomic mass is 9.95. The van der Waals surface area contributed by atoms with E-state index in [1.54, 1.807) is 13.2 Å². The van der Waals surface area contributed by atoms with Crippen molar-refractivity contribution in [1.82, 2.24) is 0 Å². The Morgan fingerprint density at radius 2 is 2.20 bits per heavy atom. The Balaban J connectivity index is 1.98. The molecule has 0 atom stereocenters. The van der Waals surface area contributed by atoms with Crippen molar-refractivity contribution in [3.8, 4) is 0 Å². The fraction of sp³-hybridized carbons (Fsp3) is 0.421. The first-order valence-electron chi connectivity index (χ1n) is 8.62. The summed E-state index contributed by atoms with van der Waals surface area (Å²) in [4.78, 5) is 12.6. The highest BCUT2D eigenvalue weighted by atomic mass is 32.2. The van der Waals surface area contributed by atoms with Crippen molar-refractivity contribution < 1.29 is 14.3 Å². The molecule has 0 saturated carbocycles. The van der Waals surface area contributed by atoms with Crippen LogP contribution >= 0.6 is 11.8 Å². The van der Waals surface area contributed by atoms with Crippen LogP contribution in [0.15, 0.2) is 57.2 Å². The zero-order chi connectivity index (χ0) is 17.8. The van der Waals surface area contributed by atoms with Crippen LogP contribution < -0.4 is 11.5 Å². The smallest absolute Gasteiger partial charge is 0.346 e. The lowest BCUT2D eigenvalue weighted by Gasteiger charge is -2.18. The van der Waals surface area contributed by atoms with Gasteiger partial charge in [-0.3, -0.25) is 0 Å². The largest absolute Gasteiger partial charge is 0.465 e. The second-order valence-corrected chi connectivity index (χ2v) is 7.15. The van der Waals surface area contributed by atoms with Gasteiger partial charge in [-0.05, 0) is 62.3 Å². The number of ether oxygens (including phenoxy) is 2. The van der Waals surface area contributed by atoms with Crippen molar-refractivity contribution in [3.63, 3.8) is 0 Å². The van der Waals surface area contributed by atoms with Crippen molar-refractivity contribution in [3.05, 3.63) is 57.2 Å². The summed E-state index contributed by atoms with van der Waals surface area (Å²) in [7, 11) is 0. The summed E-state index contributed by atoms with van der Waals surface area (Å²) in [6.45, 7) is 2.13. The van der Waals surface area contributed by atoms with Crippen molar-refractivity contribution in [1.29, 1.82) is 0 Å². The molecule has 134 valence electrons. The maximum absolute atomic E-state index is 12.1. The highest BCUT2D eigenvalue weighted by molar-refractivity contribution is 8.04. The van der Waals surface area contributed by atoms with Crippen LogP contribution in [-0.4, -0.2) is 18.3 Å². The third kappa shape index (κ3) is 3.79. The van der Waals surface area contributed by atoms with Crippen LogP contribution in [0.5, 0.6) is 0 Å². The predicted octanol–water partition coefficient (Wildman–Crippen LogP) is 3.37. The molecule has 0 radical (unpaired) electrons. The first-order chi connectivity index (χ1) is 12.1. The molecule has 2 aliphatic heterocycles. The molecule has 6 heteroatoms. The molecule has 0 bridgehead atoms. The third-order valence-electron chi connectivity index (χ3n) is 4.55. The second kappa shape index (κ2) is 7.87. The first kappa shape index (κ1) is 17.7. The number of rotatable bonds is 5. The molecule has 4 N–H and O–H groups in total. The molecule has 0 spiro atoms. The molecule has 0 saturated heterocycles. The zero-order valence-corrected chi connectivity index (χ0v) is 15.3. The van der Waals surface area contributed by atoms with Gasteiger partial charge in [0.15, 0.2) is 0 Å². The molecule has 3 aliphatic rings. The Labute approximate surface area is 152 Å². The van der Waals surface area contributed by atoms with Gasteiger partial charge in [0, 0.05) is 17.0 Å². The molecule has 25 heavy (non-hydrogen) atoms. The maximum Gasteiger partial charge on any atom is 0.346 e. The van der Waals surface area contributed by atoms with Gasteiger partial charge in [0.1, 0.15) is 10.7 Å². The molecule has 0 aromatic rings. The number of thioether (sulfide) groups is 1. The lowest BCUT2D eigenvalue weighted by molar-refractivity contribution is -0.137. The Morgan fingerprint density at radius 1 is 1.36 bits per heavy atom. The van der Waals surface area contributed by atoms with Crippen molar-refractivity contribution >= 4 is 17.7 Å². The zero-order valence-electron chi connectivity index (χ0n) is 14.5.